The second-order valence-electron chi connectivity index (χ2n) is 5.77. The molecule has 0 bridgehead atoms. The van der Waals surface area contributed by atoms with E-state index in [1.165, 1.54) is 32.8 Å². The zero-order valence-electron chi connectivity index (χ0n) is 12.7. The average molecular weight is 281 g/mol. The van der Waals surface area contributed by atoms with E-state index in [0.29, 0.717) is 13.0 Å². The first-order chi connectivity index (χ1) is 9.74. The summed E-state index contributed by atoms with van der Waals surface area (Å²) in [6, 6.07) is 0. The van der Waals surface area contributed by atoms with E-state index in [1.807, 2.05) is 0 Å². The molecule has 0 aromatic heterocycles. The normalized spacial score (nSPS) is 26.3. The fraction of sp³-hybridized carbons (Fsp3) is 0.867. The summed E-state index contributed by atoms with van der Waals surface area (Å²) >= 11 is 0. The van der Waals surface area contributed by atoms with Crippen molar-refractivity contribution >= 4 is 11.9 Å². The number of aliphatic imine (C=N–C) groups is 1. The molecule has 0 aromatic carbocycles. The second kappa shape index (κ2) is 7.50. The number of hydrogen-bond donors (Lipinski definition) is 1. The van der Waals surface area contributed by atoms with Crippen LogP contribution in [0.15, 0.2) is 4.99 Å². The van der Waals surface area contributed by atoms with E-state index in [9.17, 15) is 4.79 Å². The van der Waals surface area contributed by atoms with Gasteiger partial charge in [-0.2, -0.15) is 0 Å². The maximum Gasteiger partial charge on any atom is 0.307 e. The average Bonchev–Trinajstić information content (AvgIpc) is 2.89. The van der Waals surface area contributed by atoms with Crippen molar-refractivity contribution in [3.63, 3.8) is 0 Å². The van der Waals surface area contributed by atoms with Crippen molar-refractivity contribution in [1.29, 1.82) is 0 Å². The lowest BCUT2D eigenvalue weighted by atomic mass is 9.82. The van der Waals surface area contributed by atoms with Crippen molar-refractivity contribution in [3.8, 4) is 0 Å². The number of fused-ring (bicyclic) bond motifs is 1. The molecule has 1 heterocycles. The molecule has 1 saturated heterocycles. The van der Waals surface area contributed by atoms with E-state index in [-0.39, 0.29) is 5.97 Å². The fourth-order valence-electron chi connectivity index (χ4n) is 3.36. The molecule has 2 rings (SSSR count). The van der Waals surface area contributed by atoms with Crippen LogP contribution < -0.4 is 5.32 Å². The molecule has 0 spiro atoms. The molecule has 1 aliphatic heterocycles. The van der Waals surface area contributed by atoms with E-state index >= 15 is 0 Å². The molecule has 20 heavy (non-hydrogen) atoms. The van der Waals surface area contributed by atoms with Gasteiger partial charge in [-0.05, 0) is 31.6 Å². The first kappa shape index (κ1) is 15.1. The molecule has 1 N–H and O–H groups in total. The van der Waals surface area contributed by atoms with E-state index in [2.05, 4.69) is 26.9 Å². The number of methoxy groups -OCH3 is 1. The topological polar surface area (TPSA) is 53.9 Å². The fourth-order valence-corrected chi connectivity index (χ4v) is 3.36. The Morgan fingerprint density at radius 2 is 1.95 bits per heavy atom. The zero-order chi connectivity index (χ0) is 14.4. The minimum absolute atomic E-state index is 0.195. The minimum Gasteiger partial charge on any atom is -0.469 e. The molecular weight excluding hydrogens is 254 g/mol. The van der Waals surface area contributed by atoms with Crippen LogP contribution in [-0.4, -0.2) is 50.1 Å². The second-order valence-corrected chi connectivity index (χ2v) is 5.77. The first-order valence-corrected chi connectivity index (χ1v) is 7.84. The lowest BCUT2D eigenvalue weighted by molar-refractivity contribution is -0.140. The molecule has 0 amide bonds. The number of rotatable bonds is 4. The summed E-state index contributed by atoms with van der Waals surface area (Å²) in [4.78, 5) is 18.1. The highest BCUT2D eigenvalue weighted by molar-refractivity contribution is 5.80. The van der Waals surface area contributed by atoms with Crippen LogP contribution in [0.5, 0.6) is 0 Å². The highest BCUT2D eigenvalue weighted by Crippen LogP contribution is 2.35. The van der Waals surface area contributed by atoms with Gasteiger partial charge in [-0.1, -0.05) is 12.8 Å². The Hall–Kier alpha value is -1.26. The molecule has 2 fully saturated rings. The number of esters is 1. The Morgan fingerprint density at radius 3 is 2.50 bits per heavy atom. The molecule has 1 aliphatic carbocycles. The third-order valence-electron chi connectivity index (χ3n) is 4.42. The monoisotopic (exact) mass is 281 g/mol. The van der Waals surface area contributed by atoms with Gasteiger partial charge in [-0.25, -0.2) is 0 Å². The van der Waals surface area contributed by atoms with E-state index in [1.54, 1.807) is 0 Å². The van der Waals surface area contributed by atoms with E-state index < -0.39 is 0 Å². The molecule has 2 atom stereocenters. The maximum absolute atomic E-state index is 11.2. The third-order valence-corrected chi connectivity index (χ3v) is 4.42. The van der Waals surface area contributed by atoms with Gasteiger partial charge in [0.05, 0.1) is 20.1 Å². The quantitative estimate of drug-likeness (QED) is 0.483. The number of hydrogen-bond acceptors (Lipinski definition) is 3. The van der Waals surface area contributed by atoms with Crippen LogP contribution in [0.25, 0.3) is 0 Å². The number of guanidine groups is 1. The Morgan fingerprint density at radius 1 is 1.30 bits per heavy atom. The molecule has 1 saturated carbocycles. The molecule has 0 radical (unpaired) electrons. The summed E-state index contributed by atoms with van der Waals surface area (Å²) in [5, 5.41) is 3.35. The van der Waals surface area contributed by atoms with Gasteiger partial charge in [0.25, 0.3) is 0 Å². The van der Waals surface area contributed by atoms with Crippen LogP contribution in [0.3, 0.4) is 0 Å². The van der Waals surface area contributed by atoms with Gasteiger partial charge < -0.3 is 15.0 Å². The summed E-state index contributed by atoms with van der Waals surface area (Å²) in [5.74, 6) is 2.45. The van der Waals surface area contributed by atoms with Crippen molar-refractivity contribution < 1.29 is 9.53 Å². The Balaban J connectivity index is 1.90. The van der Waals surface area contributed by atoms with Crippen molar-refractivity contribution in [3.05, 3.63) is 0 Å². The lowest BCUT2D eigenvalue weighted by Crippen LogP contribution is -2.40. The van der Waals surface area contributed by atoms with Gasteiger partial charge >= 0.3 is 5.97 Å². The zero-order valence-corrected chi connectivity index (χ0v) is 12.7. The van der Waals surface area contributed by atoms with Crippen LogP contribution >= 0.6 is 0 Å². The van der Waals surface area contributed by atoms with Crippen LogP contribution in [0, 0.1) is 11.8 Å². The number of ether oxygens (including phenoxy) is 1. The van der Waals surface area contributed by atoms with Crippen molar-refractivity contribution in [1.82, 2.24) is 10.2 Å². The standard InChI is InChI=1S/C15H27N3O2/c1-3-16-15(17-9-8-14(19)20-2)18-10-12-6-4-5-7-13(12)11-18/h12-13H,3-11H2,1-2H3,(H,16,17). The Kier molecular flexibility index (Phi) is 5.68. The molecule has 5 heteroatoms. The number of carbonyl (C=O) groups excluding carboxylic acids is 1. The molecule has 2 aliphatic rings. The predicted molar refractivity (Wildman–Crippen MR) is 79.6 cm³/mol. The number of carbonyl (C=O) groups is 1. The van der Waals surface area contributed by atoms with Crippen LogP contribution in [0.1, 0.15) is 39.0 Å². The van der Waals surface area contributed by atoms with Crippen LogP contribution in [0.4, 0.5) is 0 Å². The largest absolute Gasteiger partial charge is 0.469 e. The van der Waals surface area contributed by atoms with Gasteiger partial charge in [0.15, 0.2) is 5.96 Å². The van der Waals surface area contributed by atoms with Gasteiger partial charge in [0.2, 0.25) is 0 Å². The van der Waals surface area contributed by atoms with E-state index in [4.69, 9.17) is 0 Å². The Labute approximate surface area is 121 Å². The summed E-state index contributed by atoms with van der Waals surface area (Å²) in [5.41, 5.74) is 0. The molecular formula is C15H27N3O2. The maximum atomic E-state index is 11.2. The van der Waals surface area contributed by atoms with Crippen molar-refractivity contribution in [2.24, 2.45) is 16.8 Å². The predicted octanol–water partition coefficient (Wildman–Crippen LogP) is 1.64. The molecule has 114 valence electrons. The highest BCUT2D eigenvalue weighted by Gasteiger charge is 2.35. The number of nitrogens with one attached hydrogen (secondary N) is 1. The Bertz CT molecular complexity index is 343. The third kappa shape index (κ3) is 3.87. The van der Waals surface area contributed by atoms with Crippen LogP contribution in [0.2, 0.25) is 0 Å². The van der Waals surface area contributed by atoms with Crippen molar-refractivity contribution in [2.75, 3.05) is 33.3 Å². The summed E-state index contributed by atoms with van der Waals surface area (Å²) in [6.07, 6.45) is 5.84. The smallest absolute Gasteiger partial charge is 0.307 e. The number of likely N-dealkylation sites (tertiary alicyclic amines) is 1. The van der Waals surface area contributed by atoms with Gasteiger partial charge in [0.1, 0.15) is 0 Å². The summed E-state index contributed by atoms with van der Waals surface area (Å²) in [7, 11) is 1.42. The van der Waals surface area contributed by atoms with E-state index in [0.717, 1.165) is 37.4 Å². The van der Waals surface area contributed by atoms with Gasteiger partial charge in [-0.3, -0.25) is 9.79 Å². The van der Waals surface area contributed by atoms with Gasteiger partial charge in [0, 0.05) is 19.6 Å². The molecule has 5 nitrogen and oxygen atoms in total. The minimum atomic E-state index is -0.195. The van der Waals surface area contributed by atoms with Crippen LogP contribution in [-0.2, 0) is 9.53 Å². The lowest BCUT2D eigenvalue weighted by Gasteiger charge is -2.22. The highest BCUT2D eigenvalue weighted by atomic mass is 16.5. The first-order valence-electron chi connectivity index (χ1n) is 7.84. The number of nitrogens with zero attached hydrogens (tertiary/aromatic N) is 2. The summed E-state index contributed by atoms with van der Waals surface area (Å²) in [6.45, 7) is 5.69. The SMILES string of the molecule is CCNC(=NCCC(=O)OC)N1CC2CCCCC2C1. The van der Waals surface area contributed by atoms with Crippen molar-refractivity contribution in [2.45, 2.75) is 39.0 Å². The summed E-state index contributed by atoms with van der Waals surface area (Å²) < 4.78 is 4.65. The molecule has 2 unspecified atom stereocenters. The van der Waals surface area contributed by atoms with Gasteiger partial charge in [-0.15, -0.1) is 0 Å². The molecule has 0 aromatic rings.